The lowest BCUT2D eigenvalue weighted by Gasteiger charge is -2.27. The highest BCUT2D eigenvalue weighted by Crippen LogP contribution is 2.30. The Morgan fingerprint density at radius 3 is 2.61 bits per heavy atom. The van der Waals surface area contributed by atoms with Crippen LogP contribution in [0.3, 0.4) is 0 Å². The van der Waals surface area contributed by atoms with Crippen LogP contribution in [0.4, 0.5) is 0 Å². The van der Waals surface area contributed by atoms with E-state index >= 15 is 0 Å². The minimum Gasteiger partial charge on any atom is -0.453 e. The molecule has 2 heterocycles. The van der Waals surface area contributed by atoms with Gasteiger partial charge in [0.05, 0.1) is 24.4 Å². The molecule has 0 saturated carbocycles. The molecule has 0 bridgehead atoms. The van der Waals surface area contributed by atoms with Crippen LogP contribution in [-0.4, -0.2) is 28.3 Å². The third kappa shape index (κ3) is 4.80. The second-order valence-electron chi connectivity index (χ2n) is 9.03. The number of amidine groups is 1. The SMILES string of the molecule is Cc1ccc(CC2CONC(c3c(Oc4ccccc4)cnn3C(C)(C)C)=N2)c(C)c1. The summed E-state index contributed by atoms with van der Waals surface area (Å²) in [5.41, 5.74) is 7.37. The summed E-state index contributed by atoms with van der Waals surface area (Å²) < 4.78 is 8.10. The predicted molar refractivity (Wildman–Crippen MR) is 123 cm³/mol. The molecule has 2 aromatic carbocycles. The zero-order valence-electron chi connectivity index (χ0n) is 18.8. The Labute approximate surface area is 183 Å². The number of hydrogen-bond donors (Lipinski definition) is 1. The van der Waals surface area contributed by atoms with Crippen molar-refractivity contribution in [3.63, 3.8) is 0 Å². The third-order valence-corrected chi connectivity index (χ3v) is 5.28. The van der Waals surface area contributed by atoms with Gasteiger partial charge in [0, 0.05) is 0 Å². The first-order valence-electron chi connectivity index (χ1n) is 10.6. The Hall–Kier alpha value is -3.12. The highest BCUT2D eigenvalue weighted by atomic mass is 16.6. The maximum atomic E-state index is 6.16. The molecule has 3 aromatic rings. The number of nitrogens with one attached hydrogen (secondary N) is 1. The largest absolute Gasteiger partial charge is 0.453 e. The summed E-state index contributed by atoms with van der Waals surface area (Å²) in [4.78, 5) is 10.7. The number of aliphatic imine (C=N–C) groups is 1. The lowest BCUT2D eigenvalue weighted by Crippen LogP contribution is -2.40. The van der Waals surface area contributed by atoms with E-state index in [4.69, 9.17) is 14.6 Å². The standard InChI is InChI=1S/C25H30N4O2/c1-17-11-12-19(18(2)13-17)14-20-16-30-28-24(27-20)23-22(15-26-29(23)25(3,4)5)31-21-9-7-6-8-10-21/h6-13,15,20H,14,16H2,1-5H3,(H,27,28). The second kappa shape index (κ2) is 8.55. The van der Waals surface area contributed by atoms with E-state index in [1.165, 1.54) is 16.7 Å². The minimum absolute atomic E-state index is 0.00514. The monoisotopic (exact) mass is 418 g/mol. The van der Waals surface area contributed by atoms with Crippen molar-refractivity contribution in [2.75, 3.05) is 6.61 Å². The highest BCUT2D eigenvalue weighted by molar-refractivity contribution is 5.99. The van der Waals surface area contributed by atoms with E-state index < -0.39 is 0 Å². The van der Waals surface area contributed by atoms with Gasteiger partial charge in [-0.2, -0.15) is 5.10 Å². The predicted octanol–water partition coefficient (Wildman–Crippen LogP) is 4.94. The fourth-order valence-corrected chi connectivity index (χ4v) is 3.74. The van der Waals surface area contributed by atoms with Crippen molar-refractivity contribution in [1.82, 2.24) is 15.3 Å². The molecule has 1 unspecified atom stereocenters. The molecule has 1 aromatic heterocycles. The summed E-state index contributed by atoms with van der Waals surface area (Å²) in [5, 5.41) is 4.61. The van der Waals surface area contributed by atoms with Crippen LogP contribution in [0.15, 0.2) is 59.7 Å². The van der Waals surface area contributed by atoms with Gasteiger partial charge in [-0.05, 0) is 64.3 Å². The molecule has 0 saturated heterocycles. The van der Waals surface area contributed by atoms with Crippen molar-refractivity contribution in [3.05, 3.63) is 77.1 Å². The molecule has 0 fully saturated rings. The number of nitrogens with zero attached hydrogens (tertiary/aromatic N) is 3. The summed E-state index contributed by atoms with van der Waals surface area (Å²) in [7, 11) is 0. The van der Waals surface area contributed by atoms with Crippen LogP contribution in [0.25, 0.3) is 0 Å². The van der Waals surface area contributed by atoms with Gasteiger partial charge in [-0.15, -0.1) is 0 Å². The number of benzene rings is 2. The van der Waals surface area contributed by atoms with Gasteiger partial charge in [0.15, 0.2) is 11.6 Å². The minimum atomic E-state index is -0.252. The van der Waals surface area contributed by atoms with Gasteiger partial charge in [0.1, 0.15) is 11.4 Å². The van der Waals surface area contributed by atoms with Crippen LogP contribution < -0.4 is 10.2 Å². The highest BCUT2D eigenvalue weighted by Gasteiger charge is 2.29. The Kier molecular flexibility index (Phi) is 5.83. The molecular formula is C25H30N4O2. The molecule has 0 amide bonds. The molecule has 31 heavy (non-hydrogen) atoms. The Morgan fingerprint density at radius 2 is 1.90 bits per heavy atom. The first kappa shape index (κ1) is 21.1. The van der Waals surface area contributed by atoms with E-state index in [0.29, 0.717) is 18.2 Å². The Morgan fingerprint density at radius 1 is 1.13 bits per heavy atom. The fourth-order valence-electron chi connectivity index (χ4n) is 3.74. The van der Waals surface area contributed by atoms with Gasteiger partial charge in [0.2, 0.25) is 0 Å². The van der Waals surface area contributed by atoms with Crippen LogP contribution in [-0.2, 0) is 16.8 Å². The molecule has 4 rings (SSSR count). The molecule has 1 N–H and O–H groups in total. The number of hydrogen-bond acceptors (Lipinski definition) is 5. The molecule has 162 valence electrons. The van der Waals surface area contributed by atoms with E-state index in [0.717, 1.165) is 17.9 Å². The van der Waals surface area contributed by atoms with Gasteiger partial charge in [-0.3, -0.25) is 14.5 Å². The number of hydroxylamine groups is 1. The van der Waals surface area contributed by atoms with Crippen LogP contribution in [0.1, 0.15) is 43.2 Å². The lowest BCUT2D eigenvalue weighted by molar-refractivity contribution is 0.0617. The molecule has 6 nitrogen and oxygen atoms in total. The quantitative estimate of drug-likeness (QED) is 0.638. The van der Waals surface area contributed by atoms with Crippen molar-refractivity contribution in [3.8, 4) is 11.5 Å². The number of ether oxygens (including phenoxy) is 1. The van der Waals surface area contributed by atoms with Crippen molar-refractivity contribution >= 4 is 5.84 Å². The van der Waals surface area contributed by atoms with Crippen LogP contribution in [0, 0.1) is 13.8 Å². The van der Waals surface area contributed by atoms with Crippen molar-refractivity contribution in [2.24, 2.45) is 4.99 Å². The smallest absolute Gasteiger partial charge is 0.176 e. The number of aryl methyl sites for hydroxylation is 2. The van der Waals surface area contributed by atoms with E-state index in [9.17, 15) is 0 Å². The molecule has 1 aliphatic rings. The van der Waals surface area contributed by atoms with Gasteiger partial charge in [0.25, 0.3) is 0 Å². The van der Waals surface area contributed by atoms with Gasteiger partial charge in [-0.25, -0.2) is 5.48 Å². The molecule has 0 radical (unpaired) electrons. The number of rotatable bonds is 5. The average molecular weight is 419 g/mol. The third-order valence-electron chi connectivity index (χ3n) is 5.28. The van der Waals surface area contributed by atoms with Crippen molar-refractivity contribution < 1.29 is 9.57 Å². The van der Waals surface area contributed by atoms with Gasteiger partial charge in [-0.1, -0.05) is 42.0 Å². The molecule has 0 spiro atoms. The maximum Gasteiger partial charge on any atom is 0.176 e. The maximum absolute atomic E-state index is 6.16. The van der Waals surface area contributed by atoms with Gasteiger partial charge >= 0.3 is 0 Å². The number of aromatic nitrogens is 2. The summed E-state index contributed by atoms with van der Waals surface area (Å²) in [6.07, 6.45) is 2.56. The first-order valence-corrected chi connectivity index (χ1v) is 10.6. The molecular weight excluding hydrogens is 388 g/mol. The summed E-state index contributed by atoms with van der Waals surface area (Å²) >= 11 is 0. The van der Waals surface area contributed by atoms with E-state index in [-0.39, 0.29) is 11.6 Å². The molecule has 6 heteroatoms. The van der Waals surface area contributed by atoms with Crippen LogP contribution in [0.2, 0.25) is 0 Å². The Balaban J connectivity index is 1.68. The van der Waals surface area contributed by atoms with Gasteiger partial charge < -0.3 is 4.74 Å². The van der Waals surface area contributed by atoms with E-state index in [2.05, 4.69) is 63.4 Å². The zero-order valence-corrected chi connectivity index (χ0v) is 18.8. The normalized spacial score (nSPS) is 16.5. The summed E-state index contributed by atoms with van der Waals surface area (Å²) in [5.74, 6) is 2.03. The zero-order chi connectivity index (χ0) is 22.0. The second-order valence-corrected chi connectivity index (χ2v) is 9.03. The lowest BCUT2D eigenvalue weighted by atomic mass is 9.99. The van der Waals surface area contributed by atoms with Crippen molar-refractivity contribution in [1.29, 1.82) is 0 Å². The molecule has 1 aliphatic heterocycles. The van der Waals surface area contributed by atoms with E-state index in [1.807, 2.05) is 35.0 Å². The summed E-state index contributed by atoms with van der Waals surface area (Å²) in [6.45, 7) is 11.1. The first-order chi connectivity index (χ1) is 14.8. The average Bonchev–Trinajstić information content (AvgIpc) is 3.15. The van der Waals surface area contributed by atoms with E-state index in [1.54, 1.807) is 6.20 Å². The molecule has 0 aliphatic carbocycles. The van der Waals surface area contributed by atoms with Crippen molar-refractivity contribution in [2.45, 2.75) is 52.6 Å². The van der Waals surface area contributed by atoms with Crippen LogP contribution >= 0.6 is 0 Å². The number of para-hydroxylation sites is 1. The summed E-state index contributed by atoms with van der Waals surface area (Å²) in [6, 6.07) is 16.3. The topological polar surface area (TPSA) is 60.7 Å². The fraction of sp³-hybridized carbons (Fsp3) is 0.360. The Bertz CT molecular complexity index is 1080. The molecule has 1 atom stereocenters. The van der Waals surface area contributed by atoms with Crippen LogP contribution in [0.5, 0.6) is 11.5 Å².